The van der Waals surface area contributed by atoms with Gasteiger partial charge in [-0.25, -0.2) is 4.98 Å². The van der Waals surface area contributed by atoms with Gasteiger partial charge in [0.2, 0.25) is 0 Å². The zero-order chi connectivity index (χ0) is 13.2. The largest absolute Gasteiger partial charge is 0.354 e. The van der Waals surface area contributed by atoms with Crippen LogP contribution in [0.1, 0.15) is 24.4 Å². The quantitative estimate of drug-likeness (QED) is 0.805. The summed E-state index contributed by atoms with van der Waals surface area (Å²) in [5, 5.41) is 0. The van der Waals surface area contributed by atoms with Crippen molar-refractivity contribution in [3.05, 3.63) is 23.9 Å². The normalized spacial score (nSPS) is 26.0. The van der Waals surface area contributed by atoms with Gasteiger partial charge in [0.25, 0.3) is 0 Å². The maximum absolute atomic E-state index is 4.69. The number of aromatic nitrogens is 1. The number of hydrogen-bond donors (Lipinski definition) is 0. The van der Waals surface area contributed by atoms with E-state index in [1.807, 2.05) is 0 Å². The van der Waals surface area contributed by atoms with Gasteiger partial charge in [0.15, 0.2) is 0 Å². The van der Waals surface area contributed by atoms with Gasteiger partial charge in [0.1, 0.15) is 5.82 Å². The molecule has 0 aromatic carbocycles. The standard InChI is InChI=1S/C15H24N4/c1-17-8-10-19(11-9-17)15-6-5-13(12-16-15)14-4-3-7-18(14)2/h5-6,12,14H,3-4,7-11H2,1-2H3/t14-/m1/s1. The van der Waals surface area contributed by atoms with Crippen LogP contribution in [0.25, 0.3) is 0 Å². The molecule has 19 heavy (non-hydrogen) atoms. The fraction of sp³-hybridized carbons (Fsp3) is 0.667. The first-order valence-corrected chi connectivity index (χ1v) is 7.34. The molecule has 2 saturated heterocycles. The fourth-order valence-electron chi connectivity index (χ4n) is 3.15. The molecule has 3 heterocycles. The molecule has 1 atom stereocenters. The topological polar surface area (TPSA) is 22.6 Å². The Bertz CT molecular complexity index is 409. The van der Waals surface area contributed by atoms with Gasteiger partial charge in [-0.1, -0.05) is 6.07 Å². The molecular formula is C15H24N4. The van der Waals surface area contributed by atoms with Crippen molar-refractivity contribution >= 4 is 5.82 Å². The maximum atomic E-state index is 4.69. The molecule has 104 valence electrons. The molecule has 1 aromatic heterocycles. The minimum absolute atomic E-state index is 0.578. The lowest BCUT2D eigenvalue weighted by molar-refractivity contribution is 0.311. The summed E-state index contributed by atoms with van der Waals surface area (Å²) in [6.45, 7) is 5.66. The monoisotopic (exact) mass is 260 g/mol. The molecule has 3 rings (SSSR count). The Hall–Kier alpha value is -1.13. The molecule has 0 bridgehead atoms. The van der Waals surface area contributed by atoms with Gasteiger partial charge in [-0.2, -0.15) is 0 Å². The Morgan fingerprint density at radius 1 is 1.05 bits per heavy atom. The van der Waals surface area contributed by atoms with Crippen molar-refractivity contribution in [1.82, 2.24) is 14.8 Å². The highest BCUT2D eigenvalue weighted by atomic mass is 15.3. The van der Waals surface area contributed by atoms with Crippen LogP contribution < -0.4 is 4.90 Å². The van der Waals surface area contributed by atoms with Crippen LogP contribution >= 0.6 is 0 Å². The van der Waals surface area contributed by atoms with Crippen LogP contribution in [0.5, 0.6) is 0 Å². The van der Waals surface area contributed by atoms with E-state index in [4.69, 9.17) is 0 Å². The summed E-state index contributed by atoms with van der Waals surface area (Å²) >= 11 is 0. The summed E-state index contributed by atoms with van der Waals surface area (Å²) < 4.78 is 0. The second kappa shape index (κ2) is 5.47. The lowest BCUT2D eigenvalue weighted by atomic mass is 10.1. The van der Waals surface area contributed by atoms with E-state index in [2.05, 4.69) is 52.1 Å². The number of piperazine rings is 1. The molecular weight excluding hydrogens is 236 g/mol. The highest BCUT2D eigenvalue weighted by Gasteiger charge is 2.23. The van der Waals surface area contributed by atoms with Crippen LogP contribution in [0.3, 0.4) is 0 Å². The first kappa shape index (κ1) is 12.9. The van der Waals surface area contributed by atoms with Gasteiger partial charge >= 0.3 is 0 Å². The van der Waals surface area contributed by atoms with E-state index in [0.717, 1.165) is 32.0 Å². The minimum atomic E-state index is 0.578. The molecule has 0 N–H and O–H groups in total. The van der Waals surface area contributed by atoms with Gasteiger partial charge in [0.05, 0.1) is 0 Å². The highest BCUT2D eigenvalue weighted by Crippen LogP contribution is 2.30. The molecule has 0 unspecified atom stereocenters. The molecule has 0 aliphatic carbocycles. The molecule has 1 aromatic rings. The smallest absolute Gasteiger partial charge is 0.128 e. The van der Waals surface area contributed by atoms with Gasteiger partial charge in [-0.15, -0.1) is 0 Å². The lowest BCUT2D eigenvalue weighted by Crippen LogP contribution is -2.44. The van der Waals surface area contributed by atoms with Crippen LogP contribution in [-0.4, -0.2) is 61.6 Å². The first-order chi connectivity index (χ1) is 9.24. The van der Waals surface area contributed by atoms with Crippen LogP contribution in [0.2, 0.25) is 0 Å². The number of pyridine rings is 1. The summed E-state index contributed by atoms with van der Waals surface area (Å²) in [5.41, 5.74) is 1.37. The van der Waals surface area contributed by atoms with Crippen LogP contribution in [0.15, 0.2) is 18.3 Å². The van der Waals surface area contributed by atoms with Crippen molar-refractivity contribution in [1.29, 1.82) is 0 Å². The van der Waals surface area contributed by atoms with E-state index in [9.17, 15) is 0 Å². The molecule has 0 saturated carbocycles. The van der Waals surface area contributed by atoms with Crippen molar-refractivity contribution in [3.63, 3.8) is 0 Å². The minimum Gasteiger partial charge on any atom is -0.354 e. The number of likely N-dealkylation sites (N-methyl/N-ethyl adjacent to an activating group) is 1. The number of likely N-dealkylation sites (tertiary alicyclic amines) is 1. The van der Waals surface area contributed by atoms with Crippen LogP contribution in [-0.2, 0) is 0 Å². The maximum Gasteiger partial charge on any atom is 0.128 e. The number of anilines is 1. The summed E-state index contributed by atoms with van der Waals surface area (Å²) in [5.74, 6) is 1.14. The van der Waals surface area contributed by atoms with Gasteiger partial charge in [0, 0.05) is 38.4 Å². The fourth-order valence-corrected chi connectivity index (χ4v) is 3.15. The molecule has 4 nitrogen and oxygen atoms in total. The second-order valence-electron chi connectivity index (χ2n) is 5.88. The predicted octanol–water partition coefficient (Wildman–Crippen LogP) is 1.60. The highest BCUT2D eigenvalue weighted by molar-refractivity contribution is 5.40. The Morgan fingerprint density at radius 2 is 1.84 bits per heavy atom. The van der Waals surface area contributed by atoms with Crippen molar-refractivity contribution in [2.45, 2.75) is 18.9 Å². The van der Waals surface area contributed by atoms with E-state index in [1.54, 1.807) is 0 Å². The Kier molecular flexibility index (Phi) is 3.71. The number of hydrogen-bond acceptors (Lipinski definition) is 4. The van der Waals surface area contributed by atoms with E-state index in [1.165, 1.54) is 24.9 Å². The first-order valence-electron chi connectivity index (χ1n) is 7.34. The van der Waals surface area contributed by atoms with E-state index < -0.39 is 0 Å². The zero-order valence-electron chi connectivity index (χ0n) is 12.0. The van der Waals surface area contributed by atoms with E-state index >= 15 is 0 Å². The van der Waals surface area contributed by atoms with Crippen molar-refractivity contribution in [3.8, 4) is 0 Å². The van der Waals surface area contributed by atoms with Crippen molar-refractivity contribution in [2.75, 3.05) is 51.7 Å². The number of rotatable bonds is 2. The Morgan fingerprint density at radius 3 is 2.42 bits per heavy atom. The van der Waals surface area contributed by atoms with Gasteiger partial charge < -0.3 is 9.80 Å². The molecule has 2 aliphatic rings. The second-order valence-corrected chi connectivity index (χ2v) is 5.88. The zero-order valence-corrected chi connectivity index (χ0v) is 12.0. The molecule has 2 fully saturated rings. The third-order valence-electron chi connectivity index (χ3n) is 4.50. The summed E-state index contributed by atoms with van der Waals surface area (Å²) in [4.78, 5) is 11.9. The molecule has 2 aliphatic heterocycles. The summed E-state index contributed by atoms with van der Waals surface area (Å²) in [6.07, 6.45) is 4.66. The summed E-state index contributed by atoms with van der Waals surface area (Å²) in [7, 11) is 4.40. The molecule has 0 amide bonds. The van der Waals surface area contributed by atoms with Crippen LogP contribution in [0, 0.1) is 0 Å². The average molecular weight is 260 g/mol. The summed E-state index contributed by atoms with van der Waals surface area (Å²) in [6, 6.07) is 5.05. The van der Waals surface area contributed by atoms with E-state index in [-0.39, 0.29) is 0 Å². The molecule has 0 spiro atoms. The van der Waals surface area contributed by atoms with Gasteiger partial charge in [-0.05, 0) is 45.1 Å². The average Bonchev–Trinajstić information content (AvgIpc) is 2.86. The lowest BCUT2D eigenvalue weighted by Gasteiger charge is -2.33. The Balaban J connectivity index is 1.68. The van der Waals surface area contributed by atoms with Crippen molar-refractivity contribution < 1.29 is 0 Å². The Labute approximate surface area is 116 Å². The SMILES string of the molecule is CN1CCN(c2ccc([C@H]3CCCN3C)cn2)CC1. The van der Waals surface area contributed by atoms with Crippen LogP contribution in [0.4, 0.5) is 5.82 Å². The third-order valence-corrected chi connectivity index (χ3v) is 4.50. The predicted molar refractivity (Wildman–Crippen MR) is 78.6 cm³/mol. The van der Waals surface area contributed by atoms with E-state index in [0.29, 0.717) is 6.04 Å². The van der Waals surface area contributed by atoms with Gasteiger partial charge in [-0.3, -0.25) is 4.90 Å². The number of nitrogens with zero attached hydrogens (tertiary/aromatic N) is 4. The van der Waals surface area contributed by atoms with Crippen molar-refractivity contribution in [2.24, 2.45) is 0 Å². The molecule has 0 radical (unpaired) electrons. The molecule has 4 heteroatoms. The third kappa shape index (κ3) is 2.74.